The van der Waals surface area contributed by atoms with Gasteiger partial charge in [0.05, 0.1) is 6.61 Å². The van der Waals surface area contributed by atoms with Gasteiger partial charge >= 0.3 is 7.60 Å². The second-order valence-electron chi connectivity index (χ2n) is 3.54. The number of aromatic nitrogens is 4. The van der Waals surface area contributed by atoms with Crippen molar-refractivity contribution in [2.24, 2.45) is 0 Å². The summed E-state index contributed by atoms with van der Waals surface area (Å²) >= 11 is 0. The van der Waals surface area contributed by atoms with E-state index >= 15 is 0 Å². The minimum atomic E-state index is -3.66. The minimum Gasteiger partial charge on any atom is -0.324 e. The molecule has 0 radical (unpaired) electrons. The van der Waals surface area contributed by atoms with Crippen LogP contribution in [-0.4, -0.2) is 31.9 Å². The van der Waals surface area contributed by atoms with Gasteiger partial charge < -0.3 is 9.42 Å². The van der Waals surface area contributed by atoms with Crippen LogP contribution in [0.25, 0.3) is 0 Å². The maximum absolute atomic E-state index is 11.4. The van der Waals surface area contributed by atoms with Gasteiger partial charge in [0.2, 0.25) is 0 Å². The Labute approximate surface area is 93.8 Å². The van der Waals surface area contributed by atoms with Crippen molar-refractivity contribution in [1.82, 2.24) is 20.4 Å². The van der Waals surface area contributed by atoms with Crippen molar-refractivity contribution in [3.63, 3.8) is 0 Å². The van der Waals surface area contributed by atoms with Crippen LogP contribution in [-0.2, 0) is 15.3 Å². The molecule has 1 N–H and O–H groups in total. The lowest BCUT2D eigenvalue weighted by Gasteiger charge is -2.08. The molecule has 0 bridgehead atoms. The van der Waals surface area contributed by atoms with Gasteiger partial charge in [-0.1, -0.05) is 13.8 Å². The first-order valence-corrected chi connectivity index (χ1v) is 6.73. The van der Waals surface area contributed by atoms with Crippen LogP contribution < -0.4 is 0 Å². The van der Waals surface area contributed by atoms with Gasteiger partial charge in [0, 0.05) is 5.92 Å². The van der Waals surface area contributed by atoms with E-state index in [0.29, 0.717) is 5.82 Å². The first-order chi connectivity index (χ1) is 7.44. The minimum absolute atomic E-state index is 0.115. The molecule has 0 aliphatic heterocycles. The molecular formula is C8H15N4O3P. The van der Waals surface area contributed by atoms with Crippen LogP contribution in [0.3, 0.4) is 0 Å². The largest absolute Gasteiger partial charge is 0.335 e. The summed E-state index contributed by atoms with van der Waals surface area (Å²) in [5.41, 5.74) is 0. The highest BCUT2D eigenvalue weighted by atomic mass is 31.2. The van der Waals surface area contributed by atoms with E-state index in [2.05, 4.69) is 24.9 Å². The maximum Gasteiger partial charge on any atom is 0.335 e. The van der Waals surface area contributed by atoms with E-state index in [1.807, 2.05) is 13.8 Å². The molecule has 0 spiro atoms. The van der Waals surface area contributed by atoms with Crippen LogP contribution in [0, 0.1) is 0 Å². The standard InChI is InChI=1S/C8H15N4O3P/c1-4-15-16(13,14)5-7-9-11-8(6(2)3)12-10-7/h6H,4-5H2,1-3H3,(H,13,14). The van der Waals surface area contributed by atoms with Gasteiger partial charge in [0.15, 0.2) is 11.6 Å². The summed E-state index contributed by atoms with van der Waals surface area (Å²) < 4.78 is 16.1. The zero-order chi connectivity index (χ0) is 12.2. The molecule has 7 nitrogen and oxygen atoms in total. The van der Waals surface area contributed by atoms with Gasteiger partial charge in [0.25, 0.3) is 0 Å². The summed E-state index contributed by atoms with van der Waals surface area (Å²) in [6.07, 6.45) is -0.265. The SMILES string of the molecule is CCOP(=O)(O)Cc1nnc(C(C)C)nn1. The molecule has 0 aliphatic carbocycles. The van der Waals surface area contributed by atoms with Crippen molar-refractivity contribution in [3.8, 4) is 0 Å². The lowest BCUT2D eigenvalue weighted by Crippen LogP contribution is -2.07. The monoisotopic (exact) mass is 246 g/mol. The summed E-state index contributed by atoms with van der Waals surface area (Å²) in [5.74, 6) is 0.749. The molecule has 16 heavy (non-hydrogen) atoms. The van der Waals surface area contributed by atoms with Gasteiger partial charge in [-0.05, 0) is 6.92 Å². The number of hydrogen-bond donors (Lipinski definition) is 1. The van der Waals surface area contributed by atoms with E-state index in [9.17, 15) is 9.46 Å². The Morgan fingerprint density at radius 1 is 1.31 bits per heavy atom. The smallest absolute Gasteiger partial charge is 0.324 e. The van der Waals surface area contributed by atoms with Crippen molar-refractivity contribution < 1.29 is 14.0 Å². The quantitative estimate of drug-likeness (QED) is 0.777. The molecule has 90 valence electrons. The second-order valence-corrected chi connectivity index (χ2v) is 5.39. The van der Waals surface area contributed by atoms with Crippen LogP contribution in [0.15, 0.2) is 0 Å². The highest BCUT2D eigenvalue weighted by Crippen LogP contribution is 2.44. The molecule has 8 heteroatoms. The number of nitrogens with zero attached hydrogens (tertiary/aromatic N) is 4. The summed E-state index contributed by atoms with van der Waals surface area (Å²) in [4.78, 5) is 9.34. The Kier molecular flexibility index (Phi) is 4.46. The first kappa shape index (κ1) is 13.2. The van der Waals surface area contributed by atoms with Crippen molar-refractivity contribution in [2.45, 2.75) is 32.9 Å². The fourth-order valence-corrected chi connectivity index (χ4v) is 1.96. The predicted octanol–water partition coefficient (Wildman–Crippen LogP) is 1.11. The van der Waals surface area contributed by atoms with E-state index in [0.717, 1.165) is 0 Å². The van der Waals surface area contributed by atoms with Gasteiger partial charge in [-0.2, -0.15) is 0 Å². The van der Waals surface area contributed by atoms with E-state index in [-0.39, 0.29) is 24.5 Å². The molecule has 1 rings (SSSR count). The molecule has 1 aromatic rings. The van der Waals surface area contributed by atoms with Crippen molar-refractivity contribution in [1.29, 1.82) is 0 Å². The molecule has 1 heterocycles. The summed E-state index contributed by atoms with van der Waals surface area (Å²) in [6, 6.07) is 0. The molecule has 0 saturated heterocycles. The molecule has 0 aromatic carbocycles. The van der Waals surface area contributed by atoms with Crippen molar-refractivity contribution >= 4 is 7.60 Å². The number of hydrogen-bond acceptors (Lipinski definition) is 6. The fraction of sp³-hybridized carbons (Fsp3) is 0.750. The second kappa shape index (κ2) is 5.43. The van der Waals surface area contributed by atoms with Gasteiger partial charge in [-0.15, -0.1) is 20.4 Å². The summed E-state index contributed by atoms with van der Waals surface area (Å²) in [6.45, 7) is 5.63. The highest BCUT2D eigenvalue weighted by Gasteiger charge is 2.22. The zero-order valence-corrected chi connectivity index (χ0v) is 10.4. The van der Waals surface area contributed by atoms with Crippen LogP contribution in [0.2, 0.25) is 0 Å². The van der Waals surface area contributed by atoms with Crippen LogP contribution in [0.5, 0.6) is 0 Å². The van der Waals surface area contributed by atoms with Crippen LogP contribution in [0.4, 0.5) is 0 Å². The average Bonchev–Trinajstić information content (AvgIpc) is 2.17. The Bertz CT molecular complexity index is 381. The molecule has 0 aliphatic rings. The van der Waals surface area contributed by atoms with Gasteiger partial charge in [0.1, 0.15) is 6.16 Å². The Balaban J connectivity index is 2.72. The topological polar surface area (TPSA) is 98.1 Å². The maximum atomic E-state index is 11.4. The molecule has 0 saturated carbocycles. The van der Waals surface area contributed by atoms with Crippen molar-refractivity contribution in [2.75, 3.05) is 6.61 Å². The lowest BCUT2D eigenvalue weighted by atomic mass is 10.2. The normalized spacial score (nSPS) is 15.1. The van der Waals surface area contributed by atoms with E-state index in [1.54, 1.807) is 6.92 Å². The Morgan fingerprint density at radius 3 is 2.31 bits per heavy atom. The third kappa shape index (κ3) is 3.92. The van der Waals surface area contributed by atoms with Gasteiger partial charge in [-0.3, -0.25) is 4.57 Å². The van der Waals surface area contributed by atoms with Crippen LogP contribution >= 0.6 is 7.60 Å². The molecular weight excluding hydrogens is 231 g/mol. The molecule has 0 fully saturated rings. The zero-order valence-electron chi connectivity index (χ0n) is 9.49. The van der Waals surface area contributed by atoms with E-state index in [1.165, 1.54) is 0 Å². The molecule has 0 amide bonds. The first-order valence-electron chi connectivity index (χ1n) is 4.97. The molecule has 1 unspecified atom stereocenters. The van der Waals surface area contributed by atoms with Gasteiger partial charge in [-0.25, -0.2) is 0 Å². The summed E-state index contributed by atoms with van der Waals surface area (Å²) in [5, 5.41) is 15.1. The fourth-order valence-electron chi connectivity index (χ4n) is 0.978. The summed E-state index contributed by atoms with van der Waals surface area (Å²) in [7, 11) is -3.66. The average molecular weight is 246 g/mol. The molecule has 1 aromatic heterocycles. The predicted molar refractivity (Wildman–Crippen MR) is 56.9 cm³/mol. The number of rotatable bonds is 5. The van der Waals surface area contributed by atoms with Crippen LogP contribution in [0.1, 0.15) is 38.3 Å². The molecule has 1 atom stereocenters. The van der Waals surface area contributed by atoms with E-state index in [4.69, 9.17) is 0 Å². The third-order valence-corrected chi connectivity index (χ3v) is 3.07. The highest BCUT2D eigenvalue weighted by molar-refractivity contribution is 7.51. The van der Waals surface area contributed by atoms with E-state index < -0.39 is 7.60 Å². The Hall–Kier alpha value is -0.910. The third-order valence-electron chi connectivity index (χ3n) is 1.72. The van der Waals surface area contributed by atoms with Crippen molar-refractivity contribution in [3.05, 3.63) is 11.6 Å². The Morgan fingerprint density at radius 2 is 1.88 bits per heavy atom. The lowest BCUT2D eigenvalue weighted by molar-refractivity contribution is 0.271.